The van der Waals surface area contributed by atoms with E-state index in [2.05, 4.69) is 0 Å². The Morgan fingerprint density at radius 2 is 1.44 bits per heavy atom. The summed E-state index contributed by atoms with van der Waals surface area (Å²) in [6.45, 7) is 0. The van der Waals surface area contributed by atoms with E-state index in [1.54, 1.807) is 0 Å². The summed E-state index contributed by atoms with van der Waals surface area (Å²) in [6.07, 6.45) is 0. The molecule has 0 saturated heterocycles. The van der Waals surface area contributed by atoms with Crippen LogP contribution in [0.4, 0.5) is 0 Å². The molecule has 4 N–H and O–H groups in total. The van der Waals surface area contributed by atoms with Crippen molar-refractivity contribution in [1.29, 1.82) is 0 Å². The first-order chi connectivity index (χ1) is 3.73. The van der Waals surface area contributed by atoms with Gasteiger partial charge in [0.1, 0.15) is 0 Å². The molecule has 0 aromatic carbocycles. The van der Waals surface area contributed by atoms with E-state index < -0.39 is 17.0 Å². The Labute approximate surface area is 52.8 Å². The van der Waals surface area contributed by atoms with Gasteiger partial charge in [-0.25, -0.2) is 0 Å². The van der Waals surface area contributed by atoms with Gasteiger partial charge in [0.2, 0.25) is 0 Å². The SMILES string of the molecule is O=P([O-])(O)O.O=[Si](O)O.[H+]. The molecule has 0 aliphatic carbocycles. The smallest absolute Gasteiger partial charge is 0.756 e. The van der Waals surface area contributed by atoms with Crippen LogP contribution in [0.15, 0.2) is 0 Å². The van der Waals surface area contributed by atoms with Crippen molar-refractivity contribution in [3.05, 3.63) is 0 Å². The minimum Gasteiger partial charge on any atom is -0.756 e. The second-order valence-electron chi connectivity index (χ2n) is 0.773. The first-order valence-corrected chi connectivity index (χ1v) is 4.25. The van der Waals surface area contributed by atoms with E-state index in [9.17, 15) is 0 Å². The predicted octanol–water partition coefficient (Wildman–Crippen LogP) is -3.06. The van der Waals surface area contributed by atoms with Crippen LogP contribution in [0, 0.1) is 0 Å². The summed E-state index contributed by atoms with van der Waals surface area (Å²) >= 11 is 0. The molecule has 0 radical (unpaired) electrons. The molecule has 0 aliphatic heterocycles. The average molecular weight is 176 g/mol. The van der Waals surface area contributed by atoms with E-state index >= 15 is 0 Å². The maximum atomic E-state index is 8.77. The summed E-state index contributed by atoms with van der Waals surface area (Å²) in [7, 11) is -8.02. The van der Waals surface area contributed by atoms with Gasteiger partial charge in [-0.15, -0.1) is 0 Å². The van der Waals surface area contributed by atoms with E-state index in [-0.39, 0.29) is 1.43 Å². The van der Waals surface area contributed by atoms with Gasteiger partial charge in [-0.1, -0.05) is 0 Å². The topological polar surface area (TPSA) is 138 Å². The number of hydrogen-bond acceptors (Lipinski definition) is 3. The van der Waals surface area contributed by atoms with Crippen LogP contribution in [0.25, 0.3) is 0 Å². The molecular formula is H5O7PSi. The maximum Gasteiger partial charge on any atom is 1.00 e. The molecule has 0 saturated carbocycles. The molecule has 0 aromatic heterocycles. The second-order valence-corrected chi connectivity index (χ2v) is 2.32. The van der Waals surface area contributed by atoms with Gasteiger partial charge in [0.15, 0.2) is 0 Å². The molecule has 0 rings (SSSR count). The van der Waals surface area contributed by atoms with Crippen LogP contribution in [0.1, 0.15) is 1.43 Å². The van der Waals surface area contributed by atoms with Crippen LogP contribution in [0.3, 0.4) is 0 Å². The molecule has 0 amide bonds. The molecule has 56 valence electrons. The molecule has 0 spiro atoms. The first-order valence-electron chi connectivity index (χ1n) is 1.42. The third-order valence-electron chi connectivity index (χ3n) is 0. The van der Waals surface area contributed by atoms with Gasteiger partial charge in [0, 0.05) is 0 Å². The summed E-state index contributed by atoms with van der Waals surface area (Å²) < 4.78 is 17.5. The van der Waals surface area contributed by atoms with Gasteiger partial charge < -0.3 is 24.3 Å². The van der Waals surface area contributed by atoms with E-state index in [4.69, 9.17) is 33.3 Å². The van der Waals surface area contributed by atoms with Crippen LogP contribution < -0.4 is 4.89 Å². The normalized spacial score (nSPS) is 9.22. The largest absolute Gasteiger partial charge is 1.00 e. The van der Waals surface area contributed by atoms with Crippen molar-refractivity contribution in [1.82, 2.24) is 0 Å². The third kappa shape index (κ3) is 3400. The summed E-state index contributed by atoms with van der Waals surface area (Å²) in [5.41, 5.74) is 0. The third-order valence-corrected chi connectivity index (χ3v) is 0. The monoisotopic (exact) mass is 176 g/mol. The Kier molecular flexibility index (Phi) is 5.87. The standard InChI is InChI=1S/H3O4P.H2O3Si/c1-5(2,3)4;1-4(2)3/h(H3,1,2,3,4);1-2H. The highest BCUT2D eigenvalue weighted by Crippen LogP contribution is 2.18. The summed E-state index contributed by atoms with van der Waals surface area (Å²) in [6, 6.07) is 0. The minimum atomic E-state index is -4.89. The van der Waals surface area contributed by atoms with Crippen molar-refractivity contribution < 1.29 is 34.7 Å². The Morgan fingerprint density at radius 1 is 1.44 bits per heavy atom. The molecule has 0 aromatic rings. The minimum absolute atomic E-state index is 0. The fourth-order valence-electron chi connectivity index (χ4n) is 0. The van der Waals surface area contributed by atoms with Gasteiger partial charge in [-0.05, 0) is 0 Å². The van der Waals surface area contributed by atoms with Crippen LogP contribution >= 0.6 is 7.82 Å². The van der Waals surface area contributed by atoms with Gasteiger partial charge in [0.25, 0.3) is 7.82 Å². The number of phosphoric acid groups is 1. The highest BCUT2D eigenvalue weighted by molar-refractivity contribution is 7.43. The summed E-state index contributed by atoms with van der Waals surface area (Å²) in [4.78, 5) is 37.2. The maximum absolute atomic E-state index is 8.77. The molecule has 0 unspecified atom stereocenters. The van der Waals surface area contributed by atoms with Gasteiger partial charge >= 0.3 is 10.6 Å². The molecule has 9 heteroatoms. The quantitative estimate of drug-likeness (QED) is 0.227. The van der Waals surface area contributed by atoms with E-state index in [1.165, 1.54) is 0 Å². The Bertz CT molecular complexity index is 113. The lowest BCUT2D eigenvalue weighted by atomic mass is 15.8. The molecular weight excluding hydrogens is 171 g/mol. The fraction of sp³-hybridized carbons (Fsp3) is 0. The Balaban J connectivity index is -0.0000000910. The molecule has 9 heavy (non-hydrogen) atoms. The lowest BCUT2D eigenvalue weighted by molar-refractivity contribution is -0.214. The summed E-state index contributed by atoms with van der Waals surface area (Å²) in [5, 5.41) is 0. The predicted molar refractivity (Wildman–Crippen MR) is 24.0 cm³/mol. The molecule has 7 nitrogen and oxygen atoms in total. The van der Waals surface area contributed by atoms with Gasteiger partial charge in [-0.3, -0.25) is 9.03 Å². The number of rotatable bonds is 0. The molecule has 0 bridgehead atoms. The zero-order valence-corrected chi connectivity index (χ0v) is 5.86. The molecule has 0 fully saturated rings. The van der Waals surface area contributed by atoms with Gasteiger partial charge in [0.05, 0.1) is 0 Å². The van der Waals surface area contributed by atoms with Crippen molar-refractivity contribution in [2.24, 2.45) is 0 Å². The van der Waals surface area contributed by atoms with Gasteiger partial charge in [-0.2, -0.15) is 0 Å². The number of hydrogen-bond donors (Lipinski definition) is 4. The lowest BCUT2D eigenvalue weighted by Crippen LogP contribution is -1.94. The van der Waals surface area contributed by atoms with Crippen molar-refractivity contribution in [3.63, 3.8) is 0 Å². The first kappa shape index (κ1) is 11.5. The average Bonchev–Trinajstić information content (AvgIpc) is 1.19. The molecule has 0 atom stereocenters. The van der Waals surface area contributed by atoms with E-state index in [0.717, 1.165) is 0 Å². The zero-order chi connectivity index (χ0) is 8.08. The fourth-order valence-corrected chi connectivity index (χ4v) is 0. The highest BCUT2D eigenvalue weighted by Gasteiger charge is 1.85. The molecule has 0 heterocycles. The van der Waals surface area contributed by atoms with E-state index in [1.807, 2.05) is 0 Å². The van der Waals surface area contributed by atoms with Crippen LogP contribution in [-0.4, -0.2) is 28.5 Å². The van der Waals surface area contributed by atoms with Crippen LogP contribution in [-0.2, 0) is 9.03 Å². The Hall–Kier alpha value is -0.273. The summed E-state index contributed by atoms with van der Waals surface area (Å²) in [5.74, 6) is 0. The second kappa shape index (κ2) is 4.59. The van der Waals surface area contributed by atoms with Crippen molar-refractivity contribution in [2.45, 2.75) is 0 Å². The van der Waals surface area contributed by atoms with Crippen molar-refractivity contribution in [3.8, 4) is 0 Å². The van der Waals surface area contributed by atoms with Crippen molar-refractivity contribution in [2.75, 3.05) is 0 Å². The Morgan fingerprint density at radius 3 is 1.44 bits per heavy atom. The van der Waals surface area contributed by atoms with Crippen molar-refractivity contribution >= 4 is 17.0 Å². The zero-order valence-electron chi connectivity index (χ0n) is 4.96. The highest BCUT2D eigenvalue weighted by atomic mass is 31.2. The van der Waals surface area contributed by atoms with Crippen LogP contribution in [0.2, 0.25) is 0 Å². The lowest BCUT2D eigenvalue weighted by Gasteiger charge is -2.01. The van der Waals surface area contributed by atoms with E-state index in [0.29, 0.717) is 0 Å². The molecule has 0 aliphatic rings. The van der Waals surface area contributed by atoms with Crippen LogP contribution in [0.5, 0.6) is 0 Å².